The van der Waals surface area contributed by atoms with Crippen molar-refractivity contribution in [1.29, 1.82) is 0 Å². The van der Waals surface area contributed by atoms with E-state index in [2.05, 4.69) is 5.32 Å². The van der Waals surface area contributed by atoms with Gasteiger partial charge in [-0.15, -0.1) is 10.6 Å². The maximum atomic E-state index is 12.9. The maximum absolute atomic E-state index is 12.9. The molecule has 202 valence electrons. The predicted octanol–water partition coefficient (Wildman–Crippen LogP) is 6.91. The molecule has 1 aliphatic heterocycles. The predicted molar refractivity (Wildman–Crippen MR) is 151 cm³/mol. The smallest absolute Gasteiger partial charge is 0.336 e. The number of amides is 3. The molecule has 5 rings (SSSR count). The van der Waals surface area contributed by atoms with Gasteiger partial charge in [0.05, 0.1) is 47.8 Å². The second-order valence-electron chi connectivity index (χ2n) is 8.60. The van der Waals surface area contributed by atoms with Gasteiger partial charge in [0.15, 0.2) is 0 Å². The molecule has 1 heterocycles. The van der Waals surface area contributed by atoms with E-state index in [0.29, 0.717) is 0 Å². The first kappa shape index (κ1) is 27.4. The topological polar surface area (TPSA) is 144 Å². The molecule has 3 amide bonds. The van der Waals surface area contributed by atoms with Gasteiger partial charge in [-0.25, -0.2) is 9.69 Å². The Labute approximate surface area is 238 Å². The molecule has 4 aromatic carbocycles. The van der Waals surface area contributed by atoms with Crippen LogP contribution >= 0.6 is 33.8 Å². The van der Waals surface area contributed by atoms with Gasteiger partial charge in [-0.1, -0.05) is 35.3 Å². The summed E-state index contributed by atoms with van der Waals surface area (Å²) >= 11 is 12.2. The highest BCUT2D eigenvalue weighted by Crippen LogP contribution is 2.56. The van der Waals surface area contributed by atoms with Crippen LogP contribution in [0.5, 0.6) is 0 Å². The van der Waals surface area contributed by atoms with Gasteiger partial charge in [-0.3, -0.25) is 23.5 Å². The number of hydrogen-bond acceptors (Lipinski definition) is 6. The summed E-state index contributed by atoms with van der Waals surface area (Å²) in [5, 5.41) is 12.0. The summed E-state index contributed by atoms with van der Waals surface area (Å²) in [6, 6.07) is 20.0. The molecule has 0 radical (unpaired) electrons. The molecule has 0 aliphatic carbocycles. The van der Waals surface area contributed by atoms with E-state index in [0.717, 1.165) is 4.90 Å². The van der Waals surface area contributed by atoms with Gasteiger partial charge in [0.1, 0.15) is 0 Å². The largest absolute Gasteiger partial charge is 0.478 e. The number of fused-ring (bicyclic) bond motifs is 1. The molecular formula is C28H18Cl2N2O7S. The van der Waals surface area contributed by atoms with Gasteiger partial charge < -0.3 is 10.4 Å². The van der Waals surface area contributed by atoms with Crippen LogP contribution in [0.1, 0.15) is 41.4 Å². The van der Waals surface area contributed by atoms with E-state index in [1.54, 1.807) is 6.07 Å². The van der Waals surface area contributed by atoms with Crippen LogP contribution in [0.25, 0.3) is 0 Å². The van der Waals surface area contributed by atoms with Crippen LogP contribution in [0.2, 0.25) is 10.0 Å². The van der Waals surface area contributed by atoms with Gasteiger partial charge in [-0.05, 0) is 72.8 Å². The number of benzene rings is 4. The number of aromatic carboxylic acids is 1. The third-order valence-corrected chi connectivity index (χ3v) is 8.69. The third-order valence-electron chi connectivity index (χ3n) is 6.20. The number of nitrogens with one attached hydrogen (secondary N) is 1. The van der Waals surface area contributed by atoms with Crippen LogP contribution in [0, 0.1) is 0 Å². The molecular weight excluding hydrogens is 579 g/mol. The Balaban J connectivity index is 1.35. The Morgan fingerprint density at radius 2 is 1.32 bits per heavy atom. The van der Waals surface area contributed by atoms with Crippen LogP contribution < -0.4 is 10.2 Å². The highest BCUT2D eigenvalue weighted by Gasteiger charge is 2.38. The number of hydrogen-bond donors (Lipinski definition) is 4. The van der Waals surface area contributed by atoms with Crippen molar-refractivity contribution >= 4 is 68.9 Å². The van der Waals surface area contributed by atoms with E-state index in [-0.39, 0.29) is 53.5 Å². The summed E-state index contributed by atoms with van der Waals surface area (Å²) in [4.78, 5) is 51.1. The number of carboxylic acids is 1. The van der Waals surface area contributed by atoms with Crippen LogP contribution in [0.3, 0.4) is 0 Å². The minimum absolute atomic E-state index is 0.0315. The number of carboxylic acid groups (broad SMARTS) is 1. The number of halogens is 2. The fraction of sp³-hybridized carbons (Fsp3) is 0. The maximum Gasteiger partial charge on any atom is 0.336 e. The molecule has 0 saturated carbocycles. The summed E-state index contributed by atoms with van der Waals surface area (Å²) < 4.78 is 22.0. The van der Waals surface area contributed by atoms with Crippen LogP contribution in [0.4, 0.5) is 11.4 Å². The number of carbonyl (C=O) groups excluding carboxylic acids is 3. The number of carbonyl (C=O) groups is 4. The Morgan fingerprint density at radius 1 is 0.750 bits per heavy atom. The van der Waals surface area contributed by atoms with E-state index in [1.807, 2.05) is 0 Å². The minimum Gasteiger partial charge on any atom is -0.478 e. The van der Waals surface area contributed by atoms with Crippen molar-refractivity contribution in [2.75, 3.05) is 10.2 Å². The molecule has 0 bridgehead atoms. The fourth-order valence-corrected chi connectivity index (χ4v) is 6.07. The van der Waals surface area contributed by atoms with E-state index >= 15 is 0 Å². The zero-order chi connectivity index (χ0) is 28.8. The summed E-state index contributed by atoms with van der Waals surface area (Å²) in [5.74, 6) is -3.16. The van der Waals surface area contributed by atoms with E-state index in [4.69, 9.17) is 23.2 Å². The van der Waals surface area contributed by atoms with Crippen molar-refractivity contribution in [3.8, 4) is 0 Å². The minimum atomic E-state index is -3.51. The number of rotatable bonds is 6. The third kappa shape index (κ3) is 4.72. The van der Waals surface area contributed by atoms with Gasteiger partial charge in [0.25, 0.3) is 17.7 Å². The monoisotopic (exact) mass is 596 g/mol. The molecule has 40 heavy (non-hydrogen) atoms. The van der Waals surface area contributed by atoms with Crippen molar-refractivity contribution in [3.05, 3.63) is 117 Å². The summed E-state index contributed by atoms with van der Waals surface area (Å²) in [6.45, 7) is 0. The fourth-order valence-electron chi connectivity index (χ4n) is 4.25. The van der Waals surface area contributed by atoms with E-state index in [1.165, 1.54) is 78.9 Å². The first-order chi connectivity index (χ1) is 19.0. The molecule has 0 fully saturated rings. The normalized spacial score (nSPS) is 13.2. The molecule has 12 heteroatoms. The first-order valence-corrected chi connectivity index (χ1v) is 13.8. The molecule has 1 aliphatic rings. The average Bonchev–Trinajstić information content (AvgIpc) is 3.19. The highest BCUT2D eigenvalue weighted by atomic mass is 35.5. The Morgan fingerprint density at radius 3 is 1.93 bits per heavy atom. The lowest BCUT2D eigenvalue weighted by molar-refractivity contribution is 0.0692. The molecule has 0 saturated heterocycles. The second-order valence-corrected chi connectivity index (χ2v) is 11.5. The molecule has 9 nitrogen and oxygen atoms in total. The van der Waals surface area contributed by atoms with Crippen molar-refractivity contribution < 1.29 is 33.4 Å². The quantitative estimate of drug-likeness (QED) is 0.177. The Hall–Kier alpha value is -4.19. The van der Waals surface area contributed by atoms with Crippen molar-refractivity contribution in [3.63, 3.8) is 0 Å². The molecule has 4 N–H and O–H groups in total. The van der Waals surface area contributed by atoms with Gasteiger partial charge in [0, 0.05) is 5.69 Å². The number of anilines is 2. The Kier molecular flexibility index (Phi) is 7.13. The van der Waals surface area contributed by atoms with Gasteiger partial charge in [-0.2, -0.15) is 0 Å². The number of nitrogens with zero attached hydrogens (tertiary/aromatic N) is 1. The molecule has 0 atom stereocenters. The van der Waals surface area contributed by atoms with E-state index < -0.39 is 34.3 Å². The first-order valence-electron chi connectivity index (χ1n) is 11.5. The van der Waals surface area contributed by atoms with Gasteiger partial charge in [0.2, 0.25) is 0 Å². The second kappa shape index (κ2) is 10.4. The highest BCUT2D eigenvalue weighted by molar-refractivity contribution is 8.24. The average molecular weight is 597 g/mol. The number of imide groups is 1. The van der Waals surface area contributed by atoms with Crippen LogP contribution in [-0.2, 0) is 0 Å². The molecule has 0 spiro atoms. The summed E-state index contributed by atoms with van der Waals surface area (Å²) in [7, 11) is -3.51. The lowest BCUT2D eigenvalue weighted by Crippen LogP contribution is -2.29. The standard InChI is InChI=1S/C28H18Cl2N2O7S/c29-21-5-2-4-20(28(36)37)23(21)25(33)31-15-7-11-17(12-8-15)40(38,39)18-13-9-16(10-14-18)32-26(34)19-3-1-6-22(30)24(19)27(32)35/h1-14,38-39H,(H,31,33)(H,36,37). The lowest BCUT2D eigenvalue weighted by Gasteiger charge is -2.33. The van der Waals surface area contributed by atoms with Crippen molar-refractivity contribution in [1.82, 2.24) is 0 Å². The van der Waals surface area contributed by atoms with Crippen molar-refractivity contribution in [2.24, 2.45) is 0 Å². The van der Waals surface area contributed by atoms with Crippen LogP contribution in [-0.4, -0.2) is 37.9 Å². The zero-order valence-electron chi connectivity index (χ0n) is 20.2. The van der Waals surface area contributed by atoms with E-state index in [9.17, 15) is 33.4 Å². The molecule has 4 aromatic rings. The van der Waals surface area contributed by atoms with Crippen LogP contribution in [0.15, 0.2) is 94.7 Å². The lowest BCUT2D eigenvalue weighted by atomic mass is 10.1. The van der Waals surface area contributed by atoms with Gasteiger partial charge >= 0.3 is 5.97 Å². The van der Waals surface area contributed by atoms with Crippen molar-refractivity contribution in [2.45, 2.75) is 9.79 Å². The zero-order valence-corrected chi connectivity index (χ0v) is 22.5. The molecule has 0 aromatic heterocycles. The Bertz CT molecular complexity index is 1710. The summed E-state index contributed by atoms with van der Waals surface area (Å²) in [5.41, 5.74) is 0.337. The molecule has 0 unspecified atom stereocenters. The SMILES string of the molecule is O=C(O)c1cccc(Cl)c1C(=O)Nc1ccc(S(O)(O)c2ccc(N3C(=O)c4cccc(Cl)c4C3=O)cc2)cc1. The summed E-state index contributed by atoms with van der Waals surface area (Å²) in [6.07, 6.45) is 0.